The molecule has 1 saturated heterocycles. The van der Waals surface area contributed by atoms with Crippen LogP contribution in [0.25, 0.3) is 0 Å². The Balaban J connectivity index is 1.82. The number of ether oxygens (including phenoxy) is 1. The number of amides is 2. The lowest BCUT2D eigenvalue weighted by Crippen LogP contribution is -2.51. The minimum Gasteiger partial charge on any atom is -0.484 e. The third-order valence-electron chi connectivity index (χ3n) is 4.32. The molecule has 142 valence electrons. The lowest BCUT2D eigenvalue weighted by Gasteiger charge is -2.32. The van der Waals surface area contributed by atoms with Crippen LogP contribution in [0.2, 0.25) is 0 Å². The number of para-hydroxylation sites is 1. The minimum absolute atomic E-state index is 0.105. The molecule has 8 nitrogen and oxygen atoms in total. The predicted octanol–water partition coefficient (Wildman–Crippen LogP) is 0.256. The van der Waals surface area contributed by atoms with Gasteiger partial charge in [-0.3, -0.25) is 9.59 Å². The molecule has 2 rings (SSSR count). The van der Waals surface area contributed by atoms with Crippen LogP contribution in [0.4, 0.5) is 0 Å². The number of carboxylic acids is 1. The van der Waals surface area contributed by atoms with E-state index in [0.29, 0.717) is 25.1 Å². The molecular formula is C18H24N2O6. The Hall–Kier alpha value is -2.61. The number of aliphatic carboxylic acids is 1. The fourth-order valence-electron chi connectivity index (χ4n) is 2.65. The summed E-state index contributed by atoms with van der Waals surface area (Å²) in [5, 5.41) is 21.0. The van der Waals surface area contributed by atoms with E-state index in [1.165, 1.54) is 0 Å². The van der Waals surface area contributed by atoms with Gasteiger partial charge in [0.1, 0.15) is 5.75 Å². The maximum atomic E-state index is 12.3. The van der Waals surface area contributed by atoms with Crippen molar-refractivity contribution in [2.45, 2.75) is 25.4 Å². The molecule has 1 aromatic rings. The standard InChI is InChI=1S/C18H24N2O6/c1-18(25,17(23)24)12-19-16(22)13-6-5-9-20(10-13)15(21)11-26-14-7-3-2-4-8-14/h2-4,7-8,13,25H,5-6,9-12H2,1H3,(H,19,22)(H,23,24). The Kier molecular flexibility index (Phi) is 6.57. The van der Waals surface area contributed by atoms with Gasteiger partial charge in [0.2, 0.25) is 5.91 Å². The first-order valence-corrected chi connectivity index (χ1v) is 8.48. The molecule has 26 heavy (non-hydrogen) atoms. The Bertz CT molecular complexity index is 646. The summed E-state index contributed by atoms with van der Waals surface area (Å²) < 4.78 is 5.45. The first-order valence-electron chi connectivity index (χ1n) is 8.48. The van der Waals surface area contributed by atoms with Gasteiger partial charge in [0.05, 0.1) is 12.5 Å². The normalized spacial score (nSPS) is 19.3. The highest BCUT2D eigenvalue weighted by molar-refractivity contribution is 5.83. The van der Waals surface area contributed by atoms with Crippen LogP contribution in [0.5, 0.6) is 5.75 Å². The van der Waals surface area contributed by atoms with Gasteiger partial charge in [-0.15, -0.1) is 0 Å². The monoisotopic (exact) mass is 364 g/mol. The molecule has 1 heterocycles. The van der Waals surface area contributed by atoms with Crippen LogP contribution in [0.1, 0.15) is 19.8 Å². The molecule has 1 aromatic carbocycles. The van der Waals surface area contributed by atoms with E-state index in [0.717, 1.165) is 6.92 Å². The van der Waals surface area contributed by atoms with Crippen molar-refractivity contribution in [2.75, 3.05) is 26.2 Å². The Morgan fingerprint density at radius 2 is 2.00 bits per heavy atom. The van der Waals surface area contributed by atoms with E-state index < -0.39 is 17.5 Å². The van der Waals surface area contributed by atoms with Crippen molar-refractivity contribution in [3.8, 4) is 5.75 Å². The predicted molar refractivity (Wildman–Crippen MR) is 92.5 cm³/mol. The quantitative estimate of drug-likeness (QED) is 0.639. The topological polar surface area (TPSA) is 116 Å². The summed E-state index contributed by atoms with van der Waals surface area (Å²) in [5.41, 5.74) is -2.02. The van der Waals surface area contributed by atoms with Crippen molar-refractivity contribution < 1.29 is 29.3 Å². The highest BCUT2D eigenvalue weighted by Crippen LogP contribution is 2.18. The highest BCUT2D eigenvalue weighted by atomic mass is 16.5. The van der Waals surface area contributed by atoms with E-state index in [2.05, 4.69) is 5.32 Å². The maximum absolute atomic E-state index is 12.3. The molecule has 2 amide bonds. The SMILES string of the molecule is CC(O)(CNC(=O)C1CCCN(C(=O)COc2ccccc2)C1)C(=O)O. The summed E-state index contributed by atoms with van der Waals surface area (Å²) in [5.74, 6) is -1.81. The van der Waals surface area contributed by atoms with Gasteiger partial charge in [0.15, 0.2) is 12.2 Å². The van der Waals surface area contributed by atoms with Gasteiger partial charge in [0.25, 0.3) is 5.91 Å². The molecule has 1 aliphatic rings. The zero-order chi connectivity index (χ0) is 19.2. The molecule has 0 saturated carbocycles. The molecule has 1 fully saturated rings. The zero-order valence-corrected chi connectivity index (χ0v) is 14.7. The van der Waals surface area contributed by atoms with Crippen molar-refractivity contribution in [2.24, 2.45) is 5.92 Å². The lowest BCUT2D eigenvalue weighted by molar-refractivity contribution is -0.156. The number of benzene rings is 1. The number of rotatable bonds is 7. The van der Waals surface area contributed by atoms with Gasteiger partial charge in [-0.25, -0.2) is 4.79 Å². The second kappa shape index (κ2) is 8.66. The van der Waals surface area contributed by atoms with E-state index in [9.17, 15) is 19.5 Å². The van der Waals surface area contributed by atoms with Crippen molar-refractivity contribution in [1.82, 2.24) is 10.2 Å². The maximum Gasteiger partial charge on any atom is 0.337 e. The fourth-order valence-corrected chi connectivity index (χ4v) is 2.65. The number of aliphatic hydroxyl groups is 1. The van der Waals surface area contributed by atoms with Gasteiger partial charge in [-0.05, 0) is 31.9 Å². The Morgan fingerprint density at radius 1 is 1.31 bits per heavy atom. The van der Waals surface area contributed by atoms with Gasteiger partial charge >= 0.3 is 5.97 Å². The number of carbonyl (C=O) groups is 3. The van der Waals surface area contributed by atoms with Gasteiger partial charge in [-0.2, -0.15) is 0 Å². The smallest absolute Gasteiger partial charge is 0.337 e. The van der Waals surface area contributed by atoms with Crippen LogP contribution in [0.15, 0.2) is 30.3 Å². The van der Waals surface area contributed by atoms with Crippen LogP contribution >= 0.6 is 0 Å². The second-order valence-corrected chi connectivity index (χ2v) is 6.58. The average molecular weight is 364 g/mol. The van der Waals surface area contributed by atoms with Crippen LogP contribution in [-0.4, -0.2) is 64.7 Å². The van der Waals surface area contributed by atoms with E-state index in [1.807, 2.05) is 18.2 Å². The average Bonchev–Trinajstić information content (AvgIpc) is 2.65. The van der Waals surface area contributed by atoms with E-state index in [4.69, 9.17) is 9.84 Å². The molecule has 8 heteroatoms. The molecule has 3 N–H and O–H groups in total. The summed E-state index contributed by atoms with van der Waals surface area (Å²) in [6.45, 7) is 1.42. The van der Waals surface area contributed by atoms with Crippen LogP contribution in [0, 0.1) is 5.92 Å². The molecule has 2 atom stereocenters. The number of likely N-dealkylation sites (tertiary alicyclic amines) is 1. The highest BCUT2D eigenvalue weighted by Gasteiger charge is 2.33. The molecule has 1 aliphatic heterocycles. The third-order valence-corrected chi connectivity index (χ3v) is 4.32. The number of carbonyl (C=O) groups excluding carboxylic acids is 2. The summed E-state index contributed by atoms with van der Waals surface area (Å²) >= 11 is 0. The Morgan fingerprint density at radius 3 is 2.65 bits per heavy atom. The zero-order valence-electron chi connectivity index (χ0n) is 14.7. The van der Waals surface area contributed by atoms with E-state index >= 15 is 0 Å². The number of hydrogen-bond donors (Lipinski definition) is 3. The lowest BCUT2D eigenvalue weighted by atomic mass is 9.96. The van der Waals surface area contributed by atoms with Crippen LogP contribution in [-0.2, 0) is 14.4 Å². The third kappa shape index (κ3) is 5.45. The first-order chi connectivity index (χ1) is 12.3. The van der Waals surface area contributed by atoms with Gasteiger partial charge in [0, 0.05) is 13.1 Å². The number of nitrogens with zero attached hydrogens (tertiary/aromatic N) is 1. The summed E-state index contributed by atoms with van der Waals surface area (Å²) in [6, 6.07) is 8.99. The fraction of sp³-hybridized carbons (Fsp3) is 0.500. The Labute approximate surface area is 151 Å². The van der Waals surface area contributed by atoms with E-state index in [1.54, 1.807) is 17.0 Å². The molecule has 0 radical (unpaired) electrons. The van der Waals surface area contributed by atoms with Gasteiger partial charge < -0.3 is 25.2 Å². The van der Waals surface area contributed by atoms with E-state index in [-0.39, 0.29) is 31.5 Å². The summed E-state index contributed by atoms with van der Waals surface area (Å²) in [7, 11) is 0. The largest absolute Gasteiger partial charge is 0.484 e. The number of nitrogens with one attached hydrogen (secondary N) is 1. The molecule has 2 unspecified atom stereocenters. The molecule has 0 aliphatic carbocycles. The molecule has 0 aromatic heterocycles. The van der Waals surface area contributed by atoms with Crippen LogP contribution in [0.3, 0.4) is 0 Å². The first kappa shape index (κ1) is 19.7. The van der Waals surface area contributed by atoms with Crippen molar-refractivity contribution in [3.63, 3.8) is 0 Å². The minimum atomic E-state index is -2.02. The number of piperidine rings is 1. The summed E-state index contributed by atoms with van der Waals surface area (Å²) in [6.07, 6.45) is 1.27. The molecular weight excluding hydrogens is 340 g/mol. The van der Waals surface area contributed by atoms with Gasteiger partial charge in [-0.1, -0.05) is 18.2 Å². The molecule has 0 bridgehead atoms. The van der Waals surface area contributed by atoms with Crippen molar-refractivity contribution in [1.29, 1.82) is 0 Å². The second-order valence-electron chi connectivity index (χ2n) is 6.58. The van der Waals surface area contributed by atoms with Crippen molar-refractivity contribution >= 4 is 17.8 Å². The van der Waals surface area contributed by atoms with Crippen LogP contribution < -0.4 is 10.1 Å². The number of hydrogen-bond acceptors (Lipinski definition) is 5. The molecule has 0 spiro atoms. The number of carboxylic acid groups (broad SMARTS) is 1. The summed E-state index contributed by atoms with van der Waals surface area (Å²) in [4.78, 5) is 37.0. The van der Waals surface area contributed by atoms with Crippen molar-refractivity contribution in [3.05, 3.63) is 30.3 Å².